The van der Waals surface area contributed by atoms with Crippen molar-refractivity contribution < 1.29 is 19.1 Å². The molecule has 0 spiro atoms. The van der Waals surface area contributed by atoms with Gasteiger partial charge in [-0.25, -0.2) is 4.98 Å². The molecule has 0 saturated carbocycles. The van der Waals surface area contributed by atoms with Gasteiger partial charge in [0, 0.05) is 37.9 Å². The van der Waals surface area contributed by atoms with Crippen molar-refractivity contribution >= 4 is 11.9 Å². The van der Waals surface area contributed by atoms with E-state index in [0.717, 1.165) is 36.4 Å². The number of aryl methyl sites for hydroxylation is 2. The van der Waals surface area contributed by atoms with E-state index in [1.807, 2.05) is 42.2 Å². The smallest absolute Gasteiger partial charge is 0.303 e. The van der Waals surface area contributed by atoms with E-state index >= 15 is 0 Å². The zero-order chi connectivity index (χ0) is 19.2. The van der Waals surface area contributed by atoms with E-state index in [4.69, 9.17) is 9.52 Å². The molecule has 1 saturated heterocycles. The summed E-state index contributed by atoms with van der Waals surface area (Å²) < 4.78 is 5.88. The molecular weight excluding hydrogens is 344 g/mol. The molecule has 1 N–H and O–H groups in total. The highest BCUT2D eigenvalue weighted by atomic mass is 16.4. The van der Waals surface area contributed by atoms with Crippen LogP contribution in [0.3, 0.4) is 0 Å². The molecule has 0 aliphatic carbocycles. The number of likely N-dealkylation sites (tertiary alicyclic amines) is 1. The number of benzene rings is 1. The summed E-state index contributed by atoms with van der Waals surface area (Å²) in [6, 6.07) is 9.83. The SMILES string of the molecule is Cc1nc(CCC(=O)N2CCCC(CCC(=O)O)C2)oc1-c1ccccc1. The molecule has 1 aliphatic heterocycles. The van der Waals surface area contributed by atoms with E-state index in [1.54, 1.807) is 0 Å². The van der Waals surface area contributed by atoms with E-state index in [-0.39, 0.29) is 18.2 Å². The van der Waals surface area contributed by atoms with E-state index in [2.05, 4.69) is 4.98 Å². The molecule has 1 fully saturated rings. The minimum Gasteiger partial charge on any atom is -0.481 e. The second kappa shape index (κ2) is 8.84. The normalized spacial score (nSPS) is 17.1. The van der Waals surface area contributed by atoms with Crippen LogP contribution in [0, 0.1) is 12.8 Å². The summed E-state index contributed by atoms with van der Waals surface area (Å²) >= 11 is 0. The van der Waals surface area contributed by atoms with Gasteiger partial charge in [0.2, 0.25) is 5.91 Å². The number of rotatable bonds is 7. The van der Waals surface area contributed by atoms with E-state index < -0.39 is 5.97 Å². The van der Waals surface area contributed by atoms with Crippen LogP contribution in [0.25, 0.3) is 11.3 Å². The quantitative estimate of drug-likeness (QED) is 0.804. The van der Waals surface area contributed by atoms with Gasteiger partial charge in [-0.1, -0.05) is 30.3 Å². The van der Waals surface area contributed by atoms with Crippen molar-refractivity contribution in [3.63, 3.8) is 0 Å². The summed E-state index contributed by atoms with van der Waals surface area (Å²) in [5.41, 5.74) is 1.81. The predicted octanol–water partition coefficient (Wildman–Crippen LogP) is 3.69. The molecule has 1 aromatic heterocycles. The molecule has 144 valence electrons. The fourth-order valence-electron chi connectivity index (χ4n) is 3.64. The minimum absolute atomic E-state index is 0.0899. The first-order valence-electron chi connectivity index (χ1n) is 9.54. The van der Waals surface area contributed by atoms with Gasteiger partial charge in [0.25, 0.3) is 0 Å². The van der Waals surface area contributed by atoms with Gasteiger partial charge in [0.15, 0.2) is 11.7 Å². The fourth-order valence-corrected chi connectivity index (χ4v) is 3.64. The number of piperidine rings is 1. The van der Waals surface area contributed by atoms with Crippen molar-refractivity contribution in [2.45, 2.75) is 45.4 Å². The van der Waals surface area contributed by atoms with Crippen LogP contribution in [0.1, 0.15) is 43.7 Å². The monoisotopic (exact) mass is 370 g/mol. The number of aliphatic carboxylic acids is 1. The van der Waals surface area contributed by atoms with Gasteiger partial charge in [0.1, 0.15) is 0 Å². The Labute approximate surface area is 159 Å². The Morgan fingerprint density at radius 3 is 2.78 bits per heavy atom. The Morgan fingerprint density at radius 2 is 2.04 bits per heavy atom. The number of nitrogens with zero attached hydrogens (tertiary/aromatic N) is 2. The summed E-state index contributed by atoms with van der Waals surface area (Å²) in [6.07, 6.45) is 3.58. The average molecular weight is 370 g/mol. The number of carboxylic acids is 1. The van der Waals surface area contributed by atoms with Crippen molar-refractivity contribution in [2.24, 2.45) is 5.92 Å². The van der Waals surface area contributed by atoms with E-state index in [0.29, 0.717) is 31.7 Å². The fraction of sp³-hybridized carbons (Fsp3) is 0.476. The third kappa shape index (κ3) is 5.18. The molecular formula is C21H26N2O4. The molecule has 27 heavy (non-hydrogen) atoms. The molecule has 1 atom stereocenters. The molecule has 1 aromatic carbocycles. The van der Waals surface area contributed by atoms with Gasteiger partial charge in [0.05, 0.1) is 5.69 Å². The Bertz CT molecular complexity index is 785. The van der Waals surface area contributed by atoms with Crippen LogP contribution in [-0.2, 0) is 16.0 Å². The molecule has 6 nitrogen and oxygen atoms in total. The summed E-state index contributed by atoms with van der Waals surface area (Å²) in [5.74, 6) is 0.940. The zero-order valence-corrected chi connectivity index (χ0v) is 15.7. The molecule has 0 bridgehead atoms. The van der Waals surface area contributed by atoms with Crippen molar-refractivity contribution in [2.75, 3.05) is 13.1 Å². The maximum absolute atomic E-state index is 12.6. The number of amides is 1. The third-order valence-electron chi connectivity index (χ3n) is 5.07. The molecule has 1 aliphatic rings. The largest absolute Gasteiger partial charge is 0.481 e. The molecule has 2 aromatic rings. The Morgan fingerprint density at radius 1 is 1.26 bits per heavy atom. The molecule has 3 rings (SSSR count). The van der Waals surface area contributed by atoms with Crippen LogP contribution < -0.4 is 0 Å². The molecule has 1 amide bonds. The highest BCUT2D eigenvalue weighted by Crippen LogP contribution is 2.25. The minimum atomic E-state index is -0.771. The standard InChI is InChI=1S/C21H26N2O4/c1-15-21(17-7-3-2-4-8-17)27-18(22-15)10-11-19(24)23-13-5-6-16(14-23)9-12-20(25)26/h2-4,7-8,16H,5-6,9-14H2,1H3,(H,25,26). The number of aromatic nitrogens is 1. The first kappa shape index (κ1) is 19.1. The highest BCUT2D eigenvalue weighted by Gasteiger charge is 2.24. The summed E-state index contributed by atoms with van der Waals surface area (Å²) in [4.78, 5) is 29.6. The zero-order valence-electron chi connectivity index (χ0n) is 15.7. The summed E-state index contributed by atoms with van der Waals surface area (Å²) in [6.45, 7) is 3.32. The second-order valence-electron chi connectivity index (χ2n) is 7.17. The van der Waals surface area contributed by atoms with Crippen molar-refractivity contribution in [1.29, 1.82) is 0 Å². The van der Waals surface area contributed by atoms with Crippen LogP contribution in [-0.4, -0.2) is 40.0 Å². The van der Waals surface area contributed by atoms with Crippen LogP contribution in [0.4, 0.5) is 0 Å². The van der Waals surface area contributed by atoms with Gasteiger partial charge in [-0.15, -0.1) is 0 Å². The molecule has 6 heteroatoms. The molecule has 1 unspecified atom stereocenters. The van der Waals surface area contributed by atoms with E-state index in [9.17, 15) is 9.59 Å². The van der Waals surface area contributed by atoms with Gasteiger partial charge in [-0.05, 0) is 32.1 Å². The molecule has 0 radical (unpaired) electrons. The summed E-state index contributed by atoms with van der Waals surface area (Å²) in [5, 5.41) is 8.84. The Kier molecular flexibility index (Phi) is 6.27. The van der Waals surface area contributed by atoms with Gasteiger partial charge in [-0.3, -0.25) is 9.59 Å². The predicted molar refractivity (Wildman–Crippen MR) is 101 cm³/mol. The van der Waals surface area contributed by atoms with Crippen molar-refractivity contribution in [1.82, 2.24) is 9.88 Å². The van der Waals surface area contributed by atoms with E-state index in [1.165, 1.54) is 0 Å². The second-order valence-corrected chi connectivity index (χ2v) is 7.17. The number of carboxylic acid groups (broad SMARTS) is 1. The maximum Gasteiger partial charge on any atom is 0.303 e. The van der Waals surface area contributed by atoms with Crippen molar-refractivity contribution in [3.05, 3.63) is 41.9 Å². The maximum atomic E-state index is 12.6. The van der Waals surface area contributed by atoms with Gasteiger partial charge >= 0.3 is 5.97 Å². The van der Waals surface area contributed by atoms with Crippen molar-refractivity contribution in [3.8, 4) is 11.3 Å². The lowest BCUT2D eigenvalue weighted by Gasteiger charge is -2.32. The lowest BCUT2D eigenvalue weighted by atomic mass is 9.93. The van der Waals surface area contributed by atoms with Crippen LogP contribution >= 0.6 is 0 Å². The van der Waals surface area contributed by atoms with Crippen LogP contribution in [0.5, 0.6) is 0 Å². The number of carbonyl (C=O) groups is 2. The van der Waals surface area contributed by atoms with Crippen LogP contribution in [0.15, 0.2) is 34.7 Å². The topological polar surface area (TPSA) is 83.6 Å². The average Bonchev–Trinajstić information content (AvgIpc) is 3.06. The number of carbonyl (C=O) groups excluding carboxylic acids is 1. The third-order valence-corrected chi connectivity index (χ3v) is 5.07. The lowest BCUT2D eigenvalue weighted by molar-refractivity contribution is -0.137. The lowest BCUT2D eigenvalue weighted by Crippen LogP contribution is -2.40. The first-order chi connectivity index (χ1) is 13.0. The number of hydrogen-bond donors (Lipinski definition) is 1. The van der Waals surface area contributed by atoms with Gasteiger partial charge in [-0.2, -0.15) is 0 Å². The number of hydrogen-bond acceptors (Lipinski definition) is 4. The van der Waals surface area contributed by atoms with Gasteiger partial charge < -0.3 is 14.4 Å². The number of oxazole rings is 1. The molecule has 2 heterocycles. The first-order valence-corrected chi connectivity index (χ1v) is 9.54. The summed E-state index contributed by atoms with van der Waals surface area (Å²) in [7, 11) is 0. The Hall–Kier alpha value is -2.63. The Balaban J connectivity index is 1.54. The van der Waals surface area contributed by atoms with Crippen LogP contribution in [0.2, 0.25) is 0 Å². The highest BCUT2D eigenvalue weighted by molar-refractivity contribution is 5.76.